The molecule has 1 N–H and O–H groups in total. The molecule has 0 aliphatic heterocycles. The zero-order valence-corrected chi connectivity index (χ0v) is 12.1. The third-order valence-electron chi connectivity index (χ3n) is 2.45. The van der Waals surface area contributed by atoms with Crippen LogP contribution in [0.15, 0.2) is 24.3 Å². The van der Waals surface area contributed by atoms with Gasteiger partial charge in [0, 0.05) is 12.6 Å². The maximum absolute atomic E-state index is 10.4. The molecular formula is C14H19N3O3. The second-order valence-electron chi connectivity index (χ2n) is 3.84. The second kappa shape index (κ2) is 7.28. The molecule has 6 nitrogen and oxygen atoms in total. The van der Waals surface area contributed by atoms with Crippen molar-refractivity contribution in [3.8, 4) is 17.4 Å². The highest BCUT2D eigenvalue weighted by atomic mass is 16.5. The molecule has 2 aromatic rings. The van der Waals surface area contributed by atoms with Crippen LogP contribution >= 0.6 is 0 Å². The zero-order chi connectivity index (χ0) is 15.1. The second-order valence-corrected chi connectivity index (χ2v) is 3.84. The molecule has 0 aliphatic carbocycles. The van der Waals surface area contributed by atoms with Gasteiger partial charge in [-0.3, -0.25) is 0 Å². The Hall–Kier alpha value is -2.37. The fourth-order valence-corrected chi connectivity index (χ4v) is 1.61. The first-order valence-corrected chi connectivity index (χ1v) is 6.39. The summed E-state index contributed by atoms with van der Waals surface area (Å²) in [7, 11) is 1.74. The molecule has 0 spiro atoms. The lowest BCUT2D eigenvalue weighted by Gasteiger charge is -2.02. The van der Waals surface area contributed by atoms with E-state index >= 15 is 0 Å². The molecular weight excluding hydrogens is 258 g/mol. The van der Waals surface area contributed by atoms with E-state index in [-0.39, 0.29) is 6.01 Å². The van der Waals surface area contributed by atoms with Crippen LogP contribution in [0.3, 0.4) is 0 Å². The lowest BCUT2D eigenvalue weighted by molar-refractivity contribution is -0.139. The van der Waals surface area contributed by atoms with Gasteiger partial charge in [-0.25, -0.2) is 9.48 Å². The number of nitrogens with zero attached hydrogens (tertiary/aromatic N) is 3. The molecule has 1 heterocycles. The minimum atomic E-state index is -1.06. The van der Waals surface area contributed by atoms with E-state index in [1.807, 2.05) is 45.0 Å². The fourth-order valence-electron chi connectivity index (χ4n) is 1.61. The average molecular weight is 277 g/mol. The van der Waals surface area contributed by atoms with Crippen molar-refractivity contribution in [2.24, 2.45) is 7.05 Å². The molecule has 0 amide bonds. The van der Waals surface area contributed by atoms with Crippen LogP contribution in [-0.2, 0) is 11.8 Å². The number of carbonyl (C=O) groups is 1. The van der Waals surface area contributed by atoms with Crippen molar-refractivity contribution in [2.45, 2.75) is 20.8 Å². The van der Waals surface area contributed by atoms with Crippen LogP contribution in [0.2, 0.25) is 0 Å². The molecule has 108 valence electrons. The Kier molecular flexibility index (Phi) is 5.71. The van der Waals surface area contributed by atoms with Gasteiger partial charge in [0.2, 0.25) is 0 Å². The average Bonchev–Trinajstić information content (AvgIpc) is 2.80. The van der Waals surface area contributed by atoms with Gasteiger partial charge in [-0.05, 0) is 12.5 Å². The molecule has 0 saturated carbocycles. The van der Waals surface area contributed by atoms with Crippen molar-refractivity contribution in [1.82, 2.24) is 14.8 Å². The third kappa shape index (κ3) is 3.81. The first-order valence-electron chi connectivity index (χ1n) is 6.39. The number of hydrogen-bond donors (Lipinski definition) is 1. The quantitative estimate of drug-likeness (QED) is 0.927. The Labute approximate surface area is 118 Å². The van der Waals surface area contributed by atoms with Crippen LogP contribution in [0.5, 0.6) is 6.01 Å². The van der Waals surface area contributed by atoms with Crippen molar-refractivity contribution < 1.29 is 14.6 Å². The topological polar surface area (TPSA) is 77.2 Å². The van der Waals surface area contributed by atoms with E-state index in [0.717, 1.165) is 11.1 Å². The number of carboxylic acids is 1. The van der Waals surface area contributed by atoms with Crippen LogP contribution in [0.25, 0.3) is 11.4 Å². The molecule has 0 aliphatic rings. The van der Waals surface area contributed by atoms with Gasteiger partial charge in [0.05, 0.1) is 0 Å². The standard InChI is InChI=1S/C12H13N3O3.C2H6/c1-8-5-3-4-6-9(8)11-13-12(14-15(11)2)18-7-10(16)17;1-2/h3-6H,7H2,1-2H3,(H,16,17);1-2H3. The first kappa shape index (κ1) is 15.7. The van der Waals surface area contributed by atoms with Crippen molar-refractivity contribution in [1.29, 1.82) is 0 Å². The van der Waals surface area contributed by atoms with Crippen molar-refractivity contribution in [3.63, 3.8) is 0 Å². The maximum Gasteiger partial charge on any atom is 0.341 e. The highest BCUT2D eigenvalue weighted by Gasteiger charge is 2.12. The van der Waals surface area contributed by atoms with Crippen molar-refractivity contribution in [3.05, 3.63) is 29.8 Å². The van der Waals surface area contributed by atoms with Gasteiger partial charge in [0.15, 0.2) is 12.4 Å². The minimum Gasteiger partial charge on any atom is -0.479 e. The predicted molar refractivity (Wildman–Crippen MR) is 75.7 cm³/mol. The summed E-state index contributed by atoms with van der Waals surface area (Å²) in [5.41, 5.74) is 2.01. The Morgan fingerprint density at radius 2 is 2.00 bits per heavy atom. The third-order valence-corrected chi connectivity index (χ3v) is 2.45. The smallest absolute Gasteiger partial charge is 0.341 e. The Balaban J connectivity index is 0.000000956. The normalized spacial score (nSPS) is 9.60. The first-order chi connectivity index (χ1) is 9.58. The van der Waals surface area contributed by atoms with E-state index in [0.29, 0.717) is 5.82 Å². The van der Waals surface area contributed by atoms with Gasteiger partial charge in [-0.15, -0.1) is 5.10 Å². The van der Waals surface area contributed by atoms with E-state index in [9.17, 15) is 4.79 Å². The van der Waals surface area contributed by atoms with Crippen LogP contribution in [0.1, 0.15) is 19.4 Å². The maximum atomic E-state index is 10.4. The fraction of sp³-hybridized carbons (Fsp3) is 0.357. The molecule has 1 aromatic heterocycles. The summed E-state index contributed by atoms with van der Waals surface area (Å²) in [5, 5.41) is 12.5. The molecule has 1 aromatic carbocycles. The number of hydrogen-bond acceptors (Lipinski definition) is 4. The molecule has 0 unspecified atom stereocenters. The van der Waals surface area contributed by atoms with E-state index < -0.39 is 12.6 Å². The largest absolute Gasteiger partial charge is 0.479 e. The molecule has 0 atom stereocenters. The number of ether oxygens (including phenoxy) is 1. The van der Waals surface area contributed by atoms with E-state index in [1.165, 1.54) is 0 Å². The summed E-state index contributed by atoms with van der Waals surface area (Å²) in [6.45, 7) is 5.53. The number of benzene rings is 1. The van der Waals surface area contributed by atoms with Gasteiger partial charge >= 0.3 is 12.0 Å². The summed E-state index contributed by atoms with van der Waals surface area (Å²) in [4.78, 5) is 14.6. The molecule has 2 rings (SSSR count). The molecule has 6 heteroatoms. The summed E-state index contributed by atoms with van der Waals surface area (Å²) < 4.78 is 6.52. The van der Waals surface area contributed by atoms with Crippen LogP contribution in [0.4, 0.5) is 0 Å². The molecule has 20 heavy (non-hydrogen) atoms. The Morgan fingerprint density at radius 1 is 1.35 bits per heavy atom. The number of rotatable bonds is 4. The van der Waals surface area contributed by atoms with Gasteiger partial charge in [0.25, 0.3) is 0 Å². The number of aryl methyl sites for hydroxylation is 2. The summed E-state index contributed by atoms with van der Waals surface area (Å²) in [6.07, 6.45) is 0. The predicted octanol–water partition coefficient (Wildman–Crippen LogP) is 2.28. The Bertz CT molecular complexity index is 579. The number of aromatic nitrogens is 3. The van der Waals surface area contributed by atoms with E-state index in [4.69, 9.17) is 9.84 Å². The van der Waals surface area contributed by atoms with Gasteiger partial charge < -0.3 is 9.84 Å². The number of carboxylic acid groups (broad SMARTS) is 1. The lowest BCUT2D eigenvalue weighted by Crippen LogP contribution is -2.10. The van der Waals surface area contributed by atoms with Crippen molar-refractivity contribution in [2.75, 3.05) is 6.61 Å². The lowest BCUT2D eigenvalue weighted by atomic mass is 10.1. The molecule has 0 fully saturated rings. The van der Waals surface area contributed by atoms with Crippen LogP contribution in [-0.4, -0.2) is 32.4 Å². The van der Waals surface area contributed by atoms with Crippen molar-refractivity contribution >= 4 is 5.97 Å². The SMILES string of the molecule is CC.Cc1ccccc1-c1nc(OCC(=O)O)nn1C. The molecule has 0 bridgehead atoms. The summed E-state index contributed by atoms with van der Waals surface area (Å²) in [6, 6.07) is 7.83. The zero-order valence-electron chi connectivity index (χ0n) is 12.1. The highest BCUT2D eigenvalue weighted by molar-refractivity contribution is 5.68. The Morgan fingerprint density at radius 3 is 2.60 bits per heavy atom. The van der Waals surface area contributed by atoms with Gasteiger partial charge in [0.1, 0.15) is 0 Å². The molecule has 0 radical (unpaired) electrons. The van der Waals surface area contributed by atoms with E-state index in [2.05, 4.69) is 10.1 Å². The van der Waals surface area contributed by atoms with Crippen LogP contribution in [0, 0.1) is 6.92 Å². The molecule has 0 saturated heterocycles. The monoisotopic (exact) mass is 277 g/mol. The highest BCUT2D eigenvalue weighted by Crippen LogP contribution is 2.22. The van der Waals surface area contributed by atoms with Gasteiger partial charge in [-0.2, -0.15) is 4.98 Å². The number of aliphatic carboxylic acids is 1. The summed E-state index contributed by atoms with van der Waals surface area (Å²) in [5.74, 6) is -0.409. The van der Waals surface area contributed by atoms with Gasteiger partial charge in [-0.1, -0.05) is 38.1 Å². The van der Waals surface area contributed by atoms with Crippen LogP contribution < -0.4 is 4.74 Å². The minimum absolute atomic E-state index is 0.0677. The summed E-state index contributed by atoms with van der Waals surface area (Å²) >= 11 is 0. The van der Waals surface area contributed by atoms with E-state index in [1.54, 1.807) is 11.7 Å².